The lowest BCUT2D eigenvalue weighted by atomic mass is 10.3. The van der Waals surface area contributed by atoms with Crippen molar-refractivity contribution in [1.29, 1.82) is 0 Å². The second kappa shape index (κ2) is 4.70. The van der Waals surface area contributed by atoms with Crippen LogP contribution in [0.2, 0.25) is 0 Å². The van der Waals surface area contributed by atoms with Gasteiger partial charge in [-0.3, -0.25) is 14.5 Å². The molecule has 1 aliphatic heterocycles. The molecule has 1 amide bonds. The van der Waals surface area contributed by atoms with Crippen LogP contribution in [0, 0.1) is 0 Å². The molecular weight excluding hydrogens is 292 g/mol. The van der Waals surface area contributed by atoms with E-state index in [9.17, 15) is 9.59 Å². The zero-order valence-corrected chi connectivity index (χ0v) is 10.6. The van der Waals surface area contributed by atoms with Crippen LogP contribution in [0.4, 0.5) is 5.82 Å². The van der Waals surface area contributed by atoms with Crippen LogP contribution in [0.25, 0.3) is 0 Å². The van der Waals surface area contributed by atoms with Crippen molar-refractivity contribution in [2.75, 3.05) is 25.2 Å². The van der Waals surface area contributed by atoms with Gasteiger partial charge < -0.3 is 9.47 Å². The van der Waals surface area contributed by atoms with E-state index in [2.05, 4.69) is 25.7 Å². The largest absolute Gasteiger partial charge is 0.480 e. The van der Waals surface area contributed by atoms with Crippen LogP contribution >= 0.6 is 15.9 Å². The van der Waals surface area contributed by atoms with E-state index < -0.39 is 5.97 Å². The number of esters is 1. The van der Waals surface area contributed by atoms with Gasteiger partial charge in [-0.15, -0.1) is 0 Å². The molecule has 0 saturated heterocycles. The number of anilines is 1. The minimum Gasteiger partial charge on any atom is -0.480 e. The number of nitrogens with zero attached hydrogens (tertiary/aromatic N) is 2. The highest BCUT2D eigenvalue weighted by atomic mass is 79.9. The maximum atomic E-state index is 11.7. The van der Waals surface area contributed by atoms with Crippen LogP contribution in [0.1, 0.15) is 0 Å². The molecule has 0 aromatic carbocycles. The van der Waals surface area contributed by atoms with E-state index in [1.807, 2.05) is 0 Å². The fraction of sp³-hybridized carbons (Fsp3) is 0.300. The molecule has 2 heterocycles. The molecule has 17 heavy (non-hydrogen) atoms. The number of fused-ring (bicyclic) bond motifs is 1. The predicted molar refractivity (Wildman–Crippen MR) is 61.8 cm³/mol. The quantitative estimate of drug-likeness (QED) is 0.595. The number of aromatic nitrogens is 1. The number of hydrogen-bond donors (Lipinski definition) is 0. The van der Waals surface area contributed by atoms with Crippen LogP contribution in [-0.4, -0.2) is 37.1 Å². The summed E-state index contributed by atoms with van der Waals surface area (Å²) in [7, 11) is 1.27. The smallest absolute Gasteiger partial charge is 0.325 e. The van der Waals surface area contributed by atoms with Gasteiger partial charge in [0.05, 0.1) is 7.11 Å². The molecule has 1 aromatic heterocycles. The minimum absolute atomic E-state index is 0.104. The van der Waals surface area contributed by atoms with Gasteiger partial charge in [-0.2, -0.15) is 0 Å². The molecule has 0 radical (unpaired) electrons. The van der Waals surface area contributed by atoms with Gasteiger partial charge in [0.15, 0.2) is 18.2 Å². The molecule has 0 N–H and O–H groups in total. The highest BCUT2D eigenvalue weighted by Gasteiger charge is 2.29. The number of pyridine rings is 1. The number of amides is 1. The first-order valence-electron chi connectivity index (χ1n) is 4.78. The summed E-state index contributed by atoms with van der Waals surface area (Å²) < 4.78 is 10.3. The van der Waals surface area contributed by atoms with E-state index in [-0.39, 0.29) is 19.1 Å². The fourth-order valence-electron chi connectivity index (χ4n) is 1.41. The Balaban J connectivity index is 2.35. The summed E-state index contributed by atoms with van der Waals surface area (Å²) >= 11 is 3.20. The van der Waals surface area contributed by atoms with Gasteiger partial charge in [-0.25, -0.2) is 4.98 Å². The van der Waals surface area contributed by atoms with Gasteiger partial charge in [-0.05, 0) is 28.1 Å². The Kier molecular flexibility index (Phi) is 3.28. The van der Waals surface area contributed by atoms with Crippen LogP contribution in [0.5, 0.6) is 5.75 Å². The maximum Gasteiger partial charge on any atom is 0.325 e. The molecular formula is C10H9BrN2O4. The molecule has 2 rings (SSSR count). The summed E-state index contributed by atoms with van der Waals surface area (Å²) in [4.78, 5) is 28.2. The summed E-state index contributed by atoms with van der Waals surface area (Å²) in [6.07, 6.45) is 0. The molecule has 0 atom stereocenters. The first-order valence-corrected chi connectivity index (χ1v) is 5.57. The van der Waals surface area contributed by atoms with E-state index in [4.69, 9.17) is 4.74 Å². The standard InChI is InChI=1S/C10H9BrN2O4/c1-16-9(15)4-13-8(14)5-17-6-2-3-7(11)12-10(6)13/h2-3H,4-5H2,1H3. The molecule has 0 spiro atoms. The second-order valence-electron chi connectivity index (χ2n) is 3.30. The van der Waals surface area contributed by atoms with Gasteiger partial charge in [0.25, 0.3) is 5.91 Å². The van der Waals surface area contributed by atoms with Crippen molar-refractivity contribution in [1.82, 2.24) is 4.98 Å². The van der Waals surface area contributed by atoms with Crippen LogP contribution < -0.4 is 9.64 Å². The highest BCUT2D eigenvalue weighted by molar-refractivity contribution is 9.10. The number of carbonyl (C=O) groups is 2. The van der Waals surface area contributed by atoms with E-state index in [1.54, 1.807) is 12.1 Å². The monoisotopic (exact) mass is 300 g/mol. The van der Waals surface area contributed by atoms with E-state index in [0.29, 0.717) is 16.2 Å². The number of hydrogen-bond acceptors (Lipinski definition) is 5. The lowest BCUT2D eigenvalue weighted by Crippen LogP contribution is -2.42. The SMILES string of the molecule is COC(=O)CN1C(=O)COc2ccc(Br)nc21. The third-order valence-corrected chi connectivity index (χ3v) is 2.67. The summed E-state index contributed by atoms with van der Waals surface area (Å²) in [6.45, 7) is -0.275. The first-order chi connectivity index (χ1) is 8.11. The van der Waals surface area contributed by atoms with Gasteiger partial charge >= 0.3 is 5.97 Å². The van der Waals surface area contributed by atoms with Crippen LogP contribution in [0.15, 0.2) is 16.7 Å². The molecule has 1 aliphatic rings. The lowest BCUT2D eigenvalue weighted by Gasteiger charge is -2.27. The molecule has 0 fully saturated rings. The number of carbonyl (C=O) groups excluding carboxylic acids is 2. The maximum absolute atomic E-state index is 11.7. The third kappa shape index (κ3) is 2.38. The number of ether oxygens (including phenoxy) is 2. The Labute approximate surface area is 106 Å². The summed E-state index contributed by atoms with van der Waals surface area (Å²) in [6, 6.07) is 3.38. The zero-order chi connectivity index (χ0) is 12.4. The molecule has 7 heteroatoms. The molecule has 6 nitrogen and oxygen atoms in total. The average Bonchev–Trinajstić information content (AvgIpc) is 2.32. The van der Waals surface area contributed by atoms with E-state index in [0.717, 1.165) is 0 Å². The molecule has 0 unspecified atom stereocenters. The van der Waals surface area contributed by atoms with Crippen molar-refractivity contribution < 1.29 is 19.1 Å². The van der Waals surface area contributed by atoms with Gasteiger partial charge in [0.2, 0.25) is 0 Å². The second-order valence-corrected chi connectivity index (χ2v) is 4.11. The van der Waals surface area contributed by atoms with Crippen molar-refractivity contribution >= 4 is 33.6 Å². The van der Waals surface area contributed by atoms with Crippen molar-refractivity contribution in [3.63, 3.8) is 0 Å². The van der Waals surface area contributed by atoms with Gasteiger partial charge in [-0.1, -0.05) is 0 Å². The van der Waals surface area contributed by atoms with E-state index >= 15 is 0 Å². The Morgan fingerprint density at radius 3 is 3.12 bits per heavy atom. The van der Waals surface area contributed by atoms with Crippen molar-refractivity contribution in [3.05, 3.63) is 16.7 Å². The number of methoxy groups -OCH3 is 1. The predicted octanol–water partition coefficient (Wildman–Crippen LogP) is 0.742. The summed E-state index contributed by atoms with van der Waals surface area (Å²) in [5.41, 5.74) is 0. The molecule has 0 saturated carbocycles. The average molecular weight is 301 g/mol. The van der Waals surface area contributed by atoms with Crippen LogP contribution in [-0.2, 0) is 14.3 Å². The Hall–Kier alpha value is -1.63. The van der Waals surface area contributed by atoms with Crippen molar-refractivity contribution in [2.24, 2.45) is 0 Å². The third-order valence-electron chi connectivity index (χ3n) is 2.23. The zero-order valence-electron chi connectivity index (χ0n) is 8.97. The summed E-state index contributed by atoms with van der Waals surface area (Å²) in [5.74, 6) is -0.0424. The van der Waals surface area contributed by atoms with E-state index in [1.165, 1.54) is 12.0 Å². The minimum atomic E-state index is -0.507. The Bertz CT molecular complexity index is 477. The van der Waals surface area contributed by atoms with Crippen molar-refractivity contribution in [2.45, 2.75) is 0 Å². The lowest BCUT2D eigenvalue weighted by molar-refractivity contribution is -0.140. The van der Waals surface area contributed by atoms with Gasteiger partial charge in [0.1, 0.15) is 11.1 Å². The first kappa shape index (κ1) is 11.8. The number of rotatable bonds is 2. The Morgan fingerprint density at radius 2 is 2.41 bits per heavy atom. The van der Waals surface area contributed by atoms with Gasteiger partial charge in [0, 0.05) is 0 Å². The van der Waals surface area contributed by atoms with Crippen LogP contribution in [0.3, 0.4) is 0 Å². The van der Waals surface area contributed by atoms with Crippen molar-refractivity contribution in [3.8, 4) is 5.75 Å². The molecule has 0 aliphatic carbocycles. The number of halogens is 1. The molecule has 0 bridgehead atoms. The Morgan fingerprint density at radius 1 is 1.65 bits per heavy atom. The molecule has 1 aromatic rings. The summed E-state index contributed by atoms with van der Waals surface area (Å²) in [5, 5.41) is 0. The topological polar surface area (TPSA) is 68.7 Å². The normalized spacial score (nSPS) is 14.0. The molecule has 90 valence electrons. The highest BCUT2D eigenvalue weighted by Crippen LogP contribution is 2.31. The fourth-order valence-corrected chi connectivity index (χ4v) is 1.71.